The highest BCUT2D eigenvalue weighted by molar-refractivity contribution is 5.93. The summed E-state index contributed by atoms with van der Waals surface area (Å²) in [7, 11) is 1.59. The number of ether oxygens (including phenoxy) is 2. The SMILES string of the molecule is COc1cccc(CNC(=O)c2nc3cccc(OCCCc4ccccc4)c3c(=O)[nH]2)c1. The number of fused-ring (bicyclic) bond motifs is 1. The zero-order valence-corrected chi connectivity index (χ0v) is 18.3. The molecule has 0 saturated heterocycles. The Labute approximate surface area is 191 Å². The van der Waals surface area contributed by atoms with E-state index in [2.05, 4.69) is 27.4 Å². The number of benzene rings is 3. The van der Waals surface area contributed by atoms with E-state index >= 15 is 0 Å². The van der Waals surface area contributed by atoms with Crippen molar-refractivity contribution in [2.75, 3.05) is 13.7 Å². The highest BCUT2D eigenvalue weighted by atomic mass is 16.5. The van der Waals surface area contributed by atoms with Crippen molar-refractivity contribution in [1.29, 1.82) is 0 Å². The van der Waals surface area contributed by atoms with E-state index in [0.29, 0.717) is 29.0 Å². The molecule has 7 heteroatoms. The van der Waals surface area contributed by atoms with Crippen molar-refractivity contribution in [3.63, 3.8) is 0 Å². The number of hydrogen-bond acceptors (Lipinski definition) is 5. The minimum atomic E-state index is -0.467. The average molecular weight is 444 g/mol. The molecule has 4 aromatic rings. The fourth-order valence-electron chi connectivity index (χ4n) is 3.54. The number of amides is 1. The standard InChI is InChI=1S/C26H25N3O4/c1-32-20-12-5-10-19(16-20)17-27-26(31)24-28-21-13-6-14-22(23(21)25(30)29-24)33-15-7-11-18-8-3-2-4-9-18/h2-6,8-10,12-14,16H,7,11,15,17H2,1H3,(H,27,31)(H,28,29,30). The first-order valence-electron chi connectivity index (χ1n) is 10.7. The van der Waals surface area contributed by atoms with Crippen LogP contribution < -0.4 is 20.3 Å². The summed E-state index contributed by atoms with van der Waals surface area (Å²) < 4.78 is 11.1. The average Bonchev–Trinajstić information content (AvgIpc) is 2.85. The molecule has 0 unspecified atom stereocenters. The minimum absolute atomic E-state index is 0.0448. The number of aromatic amines is 1. The highest BCUT2D eigenvalue weighted by Crippen LogP contribution is 2.21. The van der Waals surface area contributed by atoms with Gasteiger partial charge in [-0.05, 0) is 48.2 Å². The molecule has 4 rings (SSSR count). The molecule has 1 amide bonds. The van der Waals surface area contributed by atoms with Crippen LogP contribution in [0.15, 0.2) is 77.6 Å². The summed E-state index contributed by atoms with van der Waals surface area (Å²) in [6.45, 7) is 0.749. The highest BCUT2D eigenvalue weighted by Gasteiger charge is 2.14. The molecule has 0 bridgehead atoms. The Bertz CT molecular complexity index is 1300. The van der Waals surface area contributed by atoms with E-state index < -0.39 is 11.5 Å². The monoisotopic (exact) mass is 443 g/mol. The lowest BCUT2D eigenvalue weighted by atomic mass is 10.1. The maximum Gasteiger partial charge on any atom is 0.287 e. The lowest BCUT2D eigenvalue weighted by Crippen LogP contribution is -2.27. The predicted molar refractivity (Wildman–Crippen MR) is 127 cm³/mol. The third-order valence-electron chi connectivity index (χ3n) is 5.21. The number of carbonyl (C=O) groups excluding carboxylic acids is 1. The molecule has 1 aromatic heterocycles. The number of rotatable bonds is 9. The lowest BCUT2D eigenvalue weighted by molar-refractivity contribution is 0.0940. The minimum Gasteiger partial charge on any atom is -0.497 e. The zero-order valence-electron chi connectivity index (χ0n) is 18.3. The molecule has 168 valence electrons. The van der Waals surface area contributed by atoms with Crippen LogP contribution in [0.1, 0.15) is 28.2 Å². The summed E-state index contributed by atoms with van der Waals surface area (Å²) in [5.41, 5.74) is 2.11. The van der Waals surface area contributed by atoms with Crippen molar-refractivity contribution < 1.29 is 14.3 Å². The van der Waals surface area contributed by atoms with Gasteiger partial charge in [0.1, 0.15) is 16.9 Å². The van der Waals surface area contributed by atoms with Crippen LogP contribution in [0, 0.1) is 0 Å². The van der Waals surface area contributed by atoms with Crippen LogP contribution in [-0.2, 0) is 13.0 Å². The van der Waals surface area contributed by atoms with E-state index in [4.69, 9.17) is 9.47 Å². The molecule has 1 heterocycles. The molecule has 0 atom stereocenters. The Kier molecular flexibility index (Phi) is 6.99. The second-order valence-corrected chi connectivity index (χ2v) is 7.54. The van der Waals surface area contributed by atoms with Gasteiger partial charge >= 0.3 is 0 Å². The summed E-state index contributed by atoms with van der Waals surface area (Å²) in [5.74, 6) is 0.649. The molecule has 0 aliphatic rings. The molecule has 0 saturated carbocycles. The van der Waals surface area contributed by atoms with Crippen LogP contribution in [0.2, 0.25) is 0 Å². The van der Waals surface area contributed by atoms with Crippen molar-refractivity contribution >= 4 is 16.8 Å². The molecule has 0 fully saturated rings. The van der Waals surface area contributed by atoms with Crippen molar-refractivity contribution in [1.82, 2.24) is 15.3 Å². The fraction of sp³-hybridized carbons (Fsp3) is 0.192. The number of hydrogen-bond donors (Lipinski definition) is 2. The van der Waals surface area contributed by atoms with Gasteiger partial charge in [0.2, 0.25) is 0 Å². The number of nitrogens with one attached hydrogen (secondary N) is 2. The molecular formula is C26H25N3O4. The first-order valence-corrected chi connectivity index (χ1v) is 10.7. The van der Waals surface area contributed by atoms with Crippen LogP contribution in [0.4, 0.5) is 0 Å². The van der Waals surface area contributed by atoms with Gasteiger partial charge in [0, 0.05) is 6.54 Å². The second-order valence-electron chi connectivity index (χ2n) is 7.54. The number of carbonyl (C=O) groups is 1. The summed E-state index contributed by atoms with van der Waals surface area (Å²) in [6, 6.07) is 22.7. The number of H-pyrrole nitrogens is 1. The summed E-state index contributed by atoms with van der Waals surface area (Å²) in [5, 5.41) is 3.11. The third-order valence-corrected chi connectivity index (χ3v) is 5.21. The van der Waals surface area contributed by atoms with Gasteiger partial charge in [0.25, 0.3) is 11.5 Å². The smallest absolute Gasteiger partial charge is 0.287 e. The van der Waals surface area contributed by atoms with Gasteiger partial charge in [-0.3, -0.25) is 9.59 Å². The molecule has 0 spiro atoms. The summed E-state index contributed by atoms with van der Waals surface area (Å²) >= 11 is 0. The molecule has 7 nitrogen and oxygen atoms in total. The summed E-state index contributed by atoms with van der Waals surface area (Å²) in [4.78, 5) is 32.3. The topological polar surface area (TPSA) is 93.3 Å². The van der Waals surface area contributed by atoms with Crippen LogP contribution in [0.25, 0.3) is 10.9 Å². The maximum atomic E-state index is 12.8. The van der Waals surface area contributed by atoms with Crippen LogP contribution in [0.5, 0.6) is 11.5 Å². The molecule has 0 aliphatic heterocycles. The second kappa shape index (κ2) is 10.5. The van der Waals surface area contributed by atoms with Crippen LogP contribution in [-0.4, -0.2) is 29.6 Å². The Morgan fingerprint density at radius 2 is 1.79 bits per heavy atom. The zero-order chi connectivity index (χ0) is 23.0. The Morgan fingerprint density at radius 3 is 2.61 bits per heavy atom. The van der Waals surface area contributed by atoms with E-state index in [0.717, 1.165) is 18.4 Å². The molecule has 0 aliphatic carbocycles. The van der Waals surface area contributed by atoms with Crippen LogP contribution >= 0.6 is 0 Å². The number of methoxy groups -OCH3 is 1. The Morgan fingerprint density at radius 1 is 1.00 bits per heavy atom. The first kappa shape index (κ1) is 22.1. The van der Waals surface area contributed by atoms with E-state index in [-0.39, 0.29) is 12.4 Å². The van der Waals surface area contributed by atoms with E-state index in [9.17, 15) is 9.59 Å². The molecule has 33 heavy (non-hydrogen) atoms. The predicted octanol–water partition coefficient (Wildman–Crippen LogP) is 3.87. The van der Waals surface area contributed by atoms with E-state index in [1.807, 2.05) is 42.5 Å². The number of aryl methyl sites for hydroxylation is 1. The van der Waals surface area contributed by atoms with Gasteiger partial charge in [-0.2, -0.15) is 0 Å². The van der Waals surface area contributed by atoms with Gasteiger partial charge < -0.3 is 19.8 Å². The van der Waals surface area contributed by atoms with E-state index in [1.54, 1.807) is 25.3 Å². The van der Waals surface area contributed by atoms with Gasteiger partial charge in [0.05, 0.1) is 19.2 Å². The van der Waals surface area contributed by atoms with Crippen molar-refractivity contribution in [3.8, 4) is 11.5 Å². The van der Waals surface area contributed by atoms with Crippen molar-refractivity contribution in [2.24, 2.45) is 0 Å². The first-order chi connectivity index (χ1) is 16.1. The molecular weight excluding hydrogens is 418 g/mol. The van der Waals surface area contributed by atoms with Gasteiger partial charge in [-0.1, -0.05) is 48.5 Å². The molecule has 0 radical (unpaired) electrons. The molecule has 2 N–H and O–H groups in total. The van der Waals surface area contributed by atoms with Crippen molar-refractivity contribution in [3.05, 3.63) is 100 Å². The quantitative estimate of drug-likeness (QED) is 0.383. The maximum absolute atomic E-state index is 12.8. The van der Waals surface area contributed by atoms with Gasteiger partial charge in [-0.25, -0.2) is 4.98 Å². The number of nitrogens with zero attached hydrogens (tertiary/aromatic N) is 1. The largest absolute Gasteiger partial charge is 0.497 e. The normalized spacial score (nSPS) is 10.7. The van der Waals surface area contributed by atoms with E-state index in [1.165, 1.54) is 5.56 Å². The lowest BCUT2D eigenvalue weighted by Gasteiger charge is -2.10. The Balaban J connectivity index is 1.43. The van der Waals surface area contributed by atoms with Gasteiger partial charge in [-0.15, -0.1) is 0 Å². The number of aromatic nitrogens is 2. The van der Waals surface area contributed by atoms with Crippen LogP contribution in [0.3, 0.4) is 0 Å². The van der Waals surface area contributed by atoms with Gasteiger partial charge in [0.15, 0.2) is 5.82 Å². The Hall–Kier alpha value is -4.13. The van der Waals surface area contributed by atoms with Crippen molar-refractivity contribution in [2.45, 2.75) is 19.4 Å². The fourth-order valence-corrected chi connectivity index (χ4v) is 3.54. The summed E-state index contributed by atoms with van der Waals surface area (Å²) in [6.07, 6.45) is 1.70. The molecule has 3 aromatic carbocycles. The third kappa shape index (κ3) is 5.57.